The summed E-state index contributed by atoms with van der Waals surface area (Å²) >= 11 is 0. The topological polar surface area (TPSA) is 20.2 Å². The van der Waals surface area contributed by atoms with Gasteiger partial charge in [-0.15, -0.1) is 0 Å². The van der Waals surface area contributed by atoms with Crippen molar-refractivity contribution in [2.24, 2.45) is 0 Å². The van der Waals surface area contributed by atoms with E-state index >= 15 is 0 Å². The molecule has 0 aromatic heterocycles. The van der Waals surface area contributed by atoms with Crippen LogP contribution >= 0.6 is 0 Å². The predicted molar refractivity (Wildman–Crippen MR) is 63.5 cm³/mol. The monoisotopic (exact) mass is 209 g/mol. The van der Waals surface area contributed by atoms with E-state index < -0.39 is 0 Å². The Morgan fingerprint density at radius 1 is 1.21 bits per heavy atom. The fraction of sp³-hybridized carbons (Fsp3) is 0.500. The SMILES string of the molecule is C[S+](C)C1=C2CCC=CC2=C(O)CC1. The maximum Gasteiger partial charge on any atom is 0.135 e. The average Bonchev–Trinajstić information content (AvgIpc) is 2.18. The quantitative estimate of drug-likeness (QED) is 0.658. The molecule has 2 aliphatic carbocycles. The number of fused-ring (bicyclic) bond motifs is 1. The first-order valence-electron chi connectivity index (χ1n) is 5.09. The van der Waals surface area contributed by atoms with Crippen molar-refractivity contribution in [2.75, 3.05) is 12.5 Å². The summed E-state index contributed by atoms with van der Waals surface area (Å²) in [5, 5.41) is 9.80. The number of allylic oxidation sites excluding steroid dienone is 6. The number of aliphatic hydroxyl groups is 1. The van der Waals surface area contributed by atoms with Crippen molar-refractivity contribution >= 4 is 10.9 Å². The van der Waals surface area contributed by atoms with Crippen LogP contribution in [0.2, 0.25) is 0 Å². The lowest BCUT2D eigenvalue weighted by atomic mass is 9.89. The molecule has 0 aromatic rings. The average molecular weight is 209 g/mol. The van der Waals surface area contributed by atoms with Gasteiger partial charge < -0.3 is 5.11 Å². The molecule has 0 heterocycles. The van der Waals surface area contributed by atoms with E-state index in [0.717, 1.165) is 31.3 Å². The molecule has 0 spiro atoms. The third-order valence-electron chi connectivity index (χ3n) is 2.90. The molecule has 2 heteroatoms. The largest absolute Gasteiger partial charge is 0.512 e. The van der Waals surface area contributed by atoms with Crippen molar-refractivity contribution in [1.82, 2.24) is 0 Å². The van der Waals surface area contributed by atoms with Crippen molar-refractivity contribution < 1.29 is 5.11 Å². The molecule has 76 valence electrons. The molecule has 0 aromatic carbocycles. The molecule has 0 saturated heterocycles. The van der Waals surface area contributed by atoms with E-state index in [4.69, 9.17) is 0 Å². The Balaban J connectivity index is 2.47. The standard InChI is InChI=1S/C12H16OS/c1-14(2)12-8-7-11(13)9-5-3-4-6-10(9)12/h3,5H,4,6-8H2,1-2H3/p+1. The molecule has 0 unspecified atom stereocenters. The molecule has 2 aliphatic rings. The van der Waals surface area contributed by atoms with Gasteiger partial charge in [-0.05, 0) is 12.8 Å². The lowest BCUT2D eigenvalue weighted by Crippen LogP contribution is -2.13. The highest BCUT2D eigenvalue weighted by Crippen LogP contribution is 2.37. The zero-order valence-electron chi connectivity index (χ0n) is 8.84. The normalized spacial score (nSPS) is 21.9. The second kappa shape index (κ2) is 3.85. The van der Waals surface area contributed by atoms with Crippen molar-refractivity contribution in [3.8, 4) is 0 Å². The van der Waals surface area contributed by atoms with Crippen molar-refractivity contribution in [3.05, 3.63) is 34.0 Å². The van der Waals surface area contributed by atoms with Crippen LogP contribution in [-0.4, -0.2) is 17.6 Å². The number of aliphatic hydroxyl groups excluding tert-OH is 1. The summed E-state index contributed by atoms with van der Waals surface area (Å²) in [7, 11) is 0.365. The molecule has 0 bridgehead atoms. The zero-order valence-corrected chi connectivity index (χ0v) is 9.66. The van der Waals surface area contributed by atoms with Gasteiger partial charge in [0.05, 0.1) is 0 Å². The van der Waals surface area contributed by atoms with Crippen LogP contribution in [0.5, 0.6) is 0 Å². The van der Waals surface area contributed by atoms with E-state index in [9.17, 15) is 5.11 Å². The van der Waals surface area contributed by atoms with Gasteiger partial charge in [0.15, 0.2) is 0 Å². The molecule has 0 saturated carbocycles. The molecule has 0 fully saturated rings. The minimum atomic E-state index is 0.365. The summed E-state index contributed by atoms with van der Waals surface area (Å²) < 4.78 is 0. The Kier molecular flexibility index (Phi) is 2.73. The molecule has 0 aliphatic heterocycles. The summed E-state index contributed by atoms with van der Waals surface area (Å²) in [5.74, 6) is 0.602. The van der Waals surface area contributed by atoms with Gasteiger partial charge in [0.25, 0.3) is 0 Å². The summed E-state index contributed by atoms with van der Waals surface area (Å²) in [6.45, 7) is 0. The summed E-state index contributed by atoms with van der Waals surface area (Å²) in [4.78, 5) is 1.59. The maximum atomic E-state index is 9.80. The van der Waals surface area contributed by atoms with Crippen molar-refractivity contribution in [1.29, 1.82) is 0 Å². The molecule has 0 radical (unpaired) electrons. The Labute approximate surface area is 88.6 Å². The Hall–Kier alpha value is -0.630. The second-order valence-corrected chi connectivity index (χ2v) is 6.15. The van der Waals surface area contributed by atoms with Gasteiger partial charge in [0, 0.05) is 34.9 Å². The summed E-state index contributed by atoms with van der Waals surface area (Å²) in [5.41, 5.74) is 2.56. The Morgan fingerprint density at radius 2 is 2.00 bits per heavy atom. The van der Waals surface area contributed by atoms with Gasteiger partial charge in [-0.2, -0.15) is 0 Å². The fourth-order valence-electron chi connectivity index (χ4n) is 2.19. The lowest BCUT2D eigenvalue weighted by Gasteiger charge is -2.21. The lowest BCUT2D eigenvalue weighted by molar-refractivity contribution is 0.380. The molecule has 0 amide bonds. The molecule has 14 heavy (non-hydrogen) atoms. The van der Waals surface area contributed by atoms with Crippen LogP contribution in [0.4, 0.5) is 0 Å². The van der Waals surface area contributed by atoms with Crippen LogP contribution in [0.3, 0.4) is 0 Å². The van der Waals surface area contributed by atoms with Crippen LogP contribution in [0.15, 0.2) is 34.0 Å². The van der Waals surface area contributed by atoms with Gasteiger partial charge in [-0.3, -0.25) is 0 Å². The van der Waals surface area contributed by atoms with E-state index in [-0.39, 0.29) is 0 Å². The smallest absolute Gasteiger partial charge is 0.135 e. The van der Waals surface area contributed by atoms with E-state index in [2.05, 4.69) is 24.7 Å². The van der Waals surface area contributed by atoms with Gasteiger partial charge >= 0.3 is 0 Å². The Bertz CT molecular complexity index is 334. The molecular formula is C12H17OS+. The number of hydrogen-bond donors (Lipinski definition) is 1. The molecule has 1 nitrogen and oxygen atoms in total. The predicted octanol–water partition coefficient (Wildman–Crippen LogP) is 3.07. The first-order valence-corrected chi connectivity index (χ1v) is 7.13. The summed E-state index contributed by atoms with van der Waals surface area (Å²) in [6, 6.07) is 0. The minimum Gasteiger partial charge on any atom is -0.512 e. The van der Waals surface area contributed by atoms with Gasteiger partial charge in [0.2, 0.25) is 0 Å². The third kappa shape index (κ3) is 1.63. The van der Waals surface area contributed by atoms with Crippen molar-refractivity contribution in [3.63, 3.8) is 0 Å². The fourth-order valence-corrected chi connectivity index (χ4v) is 3.41. The van der Waals surface area contributed by atoms with E-state index in [1.54, 1.807) is 4.91 Å². The molecule has 0 atom stereocenters. The van der Waals surface area contributed by atoms with Crippen LogP contribution in [0.25, 0.3) is 0 Å². The van der Waals surface area contributed by atoms with E-state index in [1.165, 1.54) is 5.57 Å². The third-order valence-corrected chi connectivity index (χ3v) is 4.34. The maximum absolute atomic E-state index is 9.80. The summed E-state index contributed by atoms with van der Waals surface area (Å²) in [6.07, 6.45) is 13.0. The van der Waals surface area contributed by atoms with Gasteiger partial charge in [-0.25, -0.2) is 0 Å². The first kappa shape index (κ1) is 9.91. The van der Waals surface area contributed by atoms with Crippen LogP contribution in [0, 0.1) is 0 Å². The van der Waals surface area contributed by atoms with Gasteiger partial charge in [-0.1, -0.05) is 12.2 Å². The number of rotatable bonds is 1. The Morgan fingerprint density at radius 3 is 2.71 bits per heavy atom. The van der Waals surface area contributed by atoms with Crippen molar-refractivity contribution in [2.45, 2.75) is 25.7 Å². The zero-order chi connectivity index (χ0) is 10.1. The second-order valence-electron chi connectivity index (χ2n) is 4.02. The van der Waals surface area contributed by atoms with Crippen LogP contribution < -0.4 is 0 Å². The van der Waals surface area contributed by atoms with Gasteiger partial charge in [0.1, 0.15) is 23.2 Å². The van der Waals surface area contributed by atoms with Crippen LogP contribution in [-0.2, 0) is 10.9 Å². The minimum absolute atomic E-state index is 0.365. The highest BCUT2D eigenvalue weighted by molar-refractivity contribution is 7.99. The highest BCUT2D eigenvalue weighted by Gasteiger charge is 2.27. The van der Waals surface area contributed by atoms with E-state index in [0.29, 0.717) is 16.7 Å². The number of hydrogen-bond acceptors (Lipinski definition) is 1. The van der Waals surface area contributed by atoms with E-state index in [1.807, 2.05) is 0 Å². The van der Waals surface area contributed by atoms with Crippen LogP contribution in [0.1, 0.15) is 25.7 Å². The highest BCUT2D eigenvalue weighted by atomic mass is 32.2. The molecule has 2 rings (SSSR count). The molecule has 1 N–H and O–H groups in total. The molecular weight excluding hydrogens is 192 g/mol. The first-order chi connectivity index (χ1) is 6.70.